The third-order valence-corrected chi connectivity index (χ3v) is 4.64. The Morgan fingerprint density at radius 3 is 2.42 bits per heavy atom. The summed E-state index contributed by atoms with van der Waals surface area (Å²) in [5, 5.41) is 2.72. The molecular formula is C21H29N3O2. The number of carbonyl (C=O) groups is 2. The van der Waals surface area contributed by atoms with Gasteiger partial charge in [-0.3, -0.25) is 14.5 Å². The molecular weight excluding hydrogens is 326 g/mol. The van der Waals surface area contributed by atoms with E-state index in [2.05, 4.69) is 41.1 Å². The first-order valence-electron chi connectivity index (χ1n) is 9.07. The molecule has 1 saturated heterocycles. The summed E-state index contributed by atoms with van der Waals surface area (Å²) in [7, 11) is 0. The summed E-state index contributed by atoms with van der Waals surface area (Å²) < 4.78 is 0. The Morgan fingerprint density at radius 2 is 1.81 bits per heavy atom. The normalized spacial score (nSPS) is 15.8. The number of amides is 2. The van der Waals surface area contributed by atoms with E-state index in [1.54, 1.807) is 24.8 Å². The molecule has 0 bridgehead atoms. The Hall–Kier alpha value is -2.40. The summed E-state index contributed by atoms with van der Waals surface area (Å²) in [6, 6.07) is 10.2. The van der Waals surface area contributed by atoms with E-state index >= 15 is 0 Å². The molecule has 0 atom stereocenters. The molecule has 0 aromatic heterocycles. The second-order valence-corrected chi connectivity index (χ2v) is 7.03. The van der Waals surface area contributed by atoms with Crippen molar-refractivity contribution >= 4 is 17.9 Å². The maximum atomic E-state index is 12.7. The van der Waals surface area contributed by atoms with Crippen molar-refractivity contribution in [3.63, 3.8) is 0 Å². The molecule has 0 spiro atoms. The molecule has 5 heteroatoms. The number of nitrogens with one attached hydrogen (secondary N) is 1. The van der Waals surface area contributed by atoms with Gasteiger partial charge >= 0.3 is 0 Å². The Kier molecular flexibility index (Phi) is 7.16. The fraction of sp³-hybridized carbons (Fsp3) is 0.429. The maximum absolute atomic E-state index is 12.7. The van der Waals surface area contributed by atoms with Crippen LogP contribution in [-0.2, 0) is 9.59 Å². The van der Waals surface area contributed by atoms with Crippen LogP contribution in [0, 0.1) is 5.41 Å². The molecule has 0 saturated carbocycles. The van der Waals surface area contributed by atoms with Crippen LogP contribution in [0.15, 0.2) is 49.1 Å². The molecule has 1 heterocycles. The molecule has 0 radical (unpaired) electrons. The van der Waals surface area contributed by atoms with E-state index in [0.29, 0.717) is 19.6 Å². The minimum atomic E-state index is -1.06. The fourth-order valence-corrected chi connectivity index (χ4v) is 2.91. The largest absolute Gasteiger partial charge is 0.352 e. The molecule has 1 aliphatic rings. The van der Waals surface area contributed by atoms with Crippen molar-refractivity contribution in [2.45, 2.75) is 13.8 Å². The summed E-state index contributed by atoms with van der Waals surface area (Å²) in [6.45, 7) is 11.1. The van der Waals surface area contributed by atoms with Crippen molar-refractivity contribution in [2.75, 3.05) is 39.3 Å². The van der Waals surface area contributed by atoms with Gasteiger partial charge in [0.05, 0.1) is 0 Å². The molecule has 140 valence electrons. The number of hydrogen-bond acceptors (Lipinski definition) is 3. The van der Waals surface area contributed by atoms with Gasteiger partial charge in [-0.2, -0.15) is 0 Å². The molecule has 0 aliphatic carbocycles. The number of nitrogens with zero attached hydrogens (tertiary/aromatic N) is 2. The van der Waals surface area contributed by atoms with Crippen LogP contribution < -0.4 is 5.32 Å². The average molecular weight is 355 g/mol. The van der Waals surface area contributed by atoms with E-state index in [4.69, 9.17) is 0 Å². The summed E-state index contributed by atoms with van der Waals surface area (Å²) in [5.41, 5.74) is 0.131. The van der Waals surface area contributed by atoms with Gasteiger partial charge in [-0.1, -0.05) is 48.6 Å². The first-order valence-corrected chi connectivity index (χ1v) is 9.07. The molecule has 1 fully saturated rings. The Morgan fingerprint density at radius 1 is 1.15 bits per heavy atom. The third-order valence-electron chi connectivity index (χ3n) is 4.64. The topological polar surface area (TPSA) is 52.7 Å². The van der Waals surface area contributed by atoms with E-state index in [-0.39, 0.29) is 11.8 Å². The predicted molar refractivity (Wildman–Crippen MR) is 105 cm³/mol. The molecule has 0 unspecified atom stereocenters. The molecule has 1 aromatic carbocycles. The predicted octanol–water partition coefficient (Wildman–Crippen LogP) is 2.17. The molecule has 26 heavy (non-hydrogen) atoms. The Balaban J connectivity index is 1.81. The number of benzene rings is 1. The van der Waals surface area contributed by atoms with E-state index in [9.17, 15) is 9.59 Å². The Bertz CT molecular complexity index is 644. The third kappa shape index (κ3) is 5.30. The van der Waals surface area contributed by atoms with E-state index in [0.717, 1.165) is 19.6 Å². The van der Waals surface area contributed by atoms with E-state index in [1.807, 2.05) is 18.2 Å². The van der Waals surface area contributed by atoms with E-state index in [1.165, 1.54) is 5.56 Å². The van der Waals surface area contributed by atoms with Crippen LogP contribution in [0.2, 0.25) is 0 Å². The minimum absolute atomic E-state index is 0.112. The molecule has 2 amide bonds. The molecule has 2 rings (SSSR count). The second kappa shape index (κ2) is 9.34. The van der Waals surface area contributed by atoms with Gasteiger partial charge < -0.3 is 10.2 Å². The number of piperazine rings is 1. The van der Waals surface area contributed by atoms with Gasteiger partial charge in [-0.25, -0.2) is 0 Å². The maximum Gasteiger partial charge on any atom is 0.237 e. The van der Waals surface area contributed by atoms with Crippen LogP contribution in [0.1, 0.15) is 19.4 Å². The van der Waals surface area contributed by atoms with Crippen molar-refractivity contribution in [3.05, 3.63) is 54.6 Å². The summed E-state index contributed by atoms with van der Waals surface area (Å²) in [5.74, 6) is -0.367. The molecule has 1 aromatic rings. The number of rotatable bonds is 7. The van der Waals surface area contributed by atoms with Crippen molar-refractivity contribution in [3.8, 4) is 0 Å². The zero-order valence-corrected chi connectivity index (χ0v) is 15.8. The lowest BCUT2D eigenvalue weighted by Gasteiger charge is -2.37. The minimum Gasteiger partial charge on any atom is -0.352 e. The highest BCUT2D eigenvalue weighted by atomic mass is 16.2. The van der Waals surface area contributed by atoms with Gasteiger partial charge in [0.2, 0.25) is 11.8 Å². The zero-order chi connectivity index (χ0) is 19.0. The second-order valence-electron chi connectivity index (χ2n) is 7.03. The average Bonchev–Trinajstić information content (AvgIpc) is 2.66. The standard InChI is InChI=1S/C21H29N3O2/c1-4-12-22-19(25)21(2,3)20(26)24-16-14-23(15-17-24)13-8-11-18-9-6-5-7-10-18/h4-11H,1,12-17H2,2-3H3,(H,22,25)/b11-8+. The molecule has 1 aliphatic heterocycles. The van der Waals surface area contributed by atoms with E-state index < -0.39 is 5.41 Å². The van der Waals surface area contributed by atoms with Crippen molar-refractivity contribution in [1.82, 2.24) is 15.1 Å². The lowest BCUT2D eigenvalue weighted by Crippen LogP contribution is -2.55. The van der Waals surface area contributed by atoms with Crippen LogP contribution in [0.4, 0.5) is 0 Å². The van der Waals surface area contributed by atoms with Crippen LogP contribution in [0.25, 0.3) is 6.08 Å². The SMILES string of the molecule is C=CCNC(=O)C(C)(C)C(=O)N1CCN(C/C=C/c2ccccc2)CC1. The summed E-state index contributed by atoms with van der Waals surface area (Å²) >= 11 is 0. The molecule has 5 nitrogen and oxygen atoms in total. The van der Waals surface area contributed by atoms with Gasteiger partial charge in [0.25, 0.3) is 0 Å². The van der Waals surface area contributed by atoms with Gasteiger partial charge in [0.15, 0.2) is 0 Å². The van der Waals surface area contributed by atoms with Gasteiger partial charge in [-0.05, 0) is 19.4 Å². The first-order chi connectivity index (χ1) is 12.4. The fourth-order valence-electron chi connectivity index (χ4n) is 2.91. The van der Waals surface area contributed by atoms with Crippen molar-refractivity contribution < 1.29 is 9.59 Å². The quantitative estimate of drug-likeness (QED) is 0.602. The highest BCUT2D eigenvalue weighted by Crippen LogP contribution is 2.20. The highest BCUT2D eigenvalue weighted by molar-refractivity contribution is 6.04. The van der Waals surface area contributed by atoms with Gasteiger partial charge in [-0.15, -0.1) is 6.58 Å². The monoisotopic (exact) mass is 355 g/mol. The van der Waals surface area contributed by atoms with Crippen molar-refractivity contribution in [1.29, 1.82) is 0 Å². The number of hydrogen-bond donors (Lipinski definition) is 1. The molecule has 1 N–H and O–H groups in total. The van der Waals surface area contributed by atoms with Gasteiger partial charge in [0, 0.05) is 39.3 Å². The zero-order valence-electron chi connectivity index (χ0n) is 15.8. The van der Waals surface area contributed by atoms with Crippen molar-refractivity contribution in [2.24, 2.45) is 5.41 Å². The van der Waals surface area contributed by atoms with Crippen LogP contribution in [-0.4, -0.2) is 60.9 Å². The summed E-state index contributed by atoms with van der Waals surface area (Å²) in [4.78, 5) is 29.1. The van der Waals surface area contributed by atoms with Crippen LogP contribution in [0.5, 0.6) is 0 Å². The summed E-state index contributed by atoms with van der Waals surface area (Å²) in [6.07, 6.45) is 5.88. The lowest BCUT2D eigenvalue weighted by molar-refractivity contribution is -0.149. The Labute approximate surface area is 156 Å². The van der Waals surface area contributed by atoms with Crippen LogP contribution >= 0.6 is 0 Å². The number of carbonyl (C=O) groups excluding carboxylic acids is 2. The smallest absolute Gasteiger partial charge is 0.237 e. The van der Waals surface area contributed by atoms with Crippen LogP contribution in [0.3, 0.4) is 0 Å². The lowest BCUT2D eigenvalue weighted by atomic mass is 9.90. The van der Waals surface area contributed by atoms with Gasteiger partial charge in [0.1, 0.15) is 5.41 Å². The first kappa shape index (κ1) is 19.9. The highest BCUT2D eigenvalue weighted by Gasteiger charge is 2.39.